The molecule has 0 spiro atoms. The molecule has 4 nitrogen and oxygen atoms in total. The van der Waals surface area contributed by atoms with Crippen molar-refractivity contribution < 1.29 is 19.8 Å². The van der Waals surface area contributed by atoms with Gasteiger partial charge in [0.15, 0.2) is 0 Å². The van der Waals surface area contributed by atoms with Crippen molar-refractivity contribution >= 4 is 58.2 Å². The molecule has 0 amide bonds. The van der Waals surface area contributed by atoms with Gasteiger partial charge in [0.1, 0.15) is 0 Å². The van der Waals surface area contributed by atoms with Gasteiger partial charge in [-0.2, -0.15) is 0 Å². The van der Waals surface area contributed by atoms with E-state index in [-0.39, 0.29) is 23.1 Å². The first-order chi connectivity index (χ1) is 5.29. The van der Waals surface area contributed by atoms with Crippen LogP contribution in [-0.2, 0) is 9.59 Å². The summed E-state index contributed by atoms with van der Waals surface area (Å²) in [6.07, 6.45) is 0. The van der Waals surface area contributed by atoms with Crippen LogP contribution in [0, 0.1) is 0 Å². The van der Waals surface area contributed by atoms with Crippen LogP contribution in [0.15, 0.2) is 0 Å². The molecule has 0 N–H and O–H groups in total. The Kier molecular flexibility index (Phi) is 15.1. The fraction of sp³-hybridized carbons (Fsp3) is 0.667. The molecule has 0 rings (SSSR count). The molecule has 0 aromatic rings. The number of halogens is 2. The van der Waals surface area contributed by atoms with Crippen LogP contribution in [-0.4, -0.2) is 45.7 Å². The second-order valence-electron chi connectivity index (χ2n) is 1.87. The van der Waals surface area contributed by atoms with Crippen LogP contribution in [0.1, 0.15) is 13.8 Å². The fourth-order valence-corrected chi connectivity index (χ4v) is 0. The van der Waals surface area contributed by atoms with Gasteiger partial charge < -0.3 is 19.8 Å². The number of aliphatic carboxylic acids is 2. The minimum atomic E-state index is -1.23. The Hall–Kier alpha value is 0.286. The summed E-state index contributed by atoms with van der Waals surface area (Å²) in [5.74, 6) is -2.45. The summed E-state index contributed by atoms with van der Waals surface area (Å²) in [5.41, 5.74) is 0. The molecule has 0 aliphatic carbocycles. The Morgan fingerprint density at radius 2 is 1.08 bits per heavy atom. The normalized spacial score (nSPS) is 12.6. The number of alkyl halides is 2. The molecule has 0 fully saturated rings. The van der Waals surface area contributed by atoms with Crippen LogP contribution in [0.5, 0.6) is 0 Å². The van der Waals surface area contributed by atoms with Crippen LogP contribution in [0.2, 0.25) is 0 Å². The van der Waals surface area contributed by atoms with E-state index in [1.165, 1.54) is 13.8 Å². The molecule has 0 saturated heterocycles. The second-order valence-corrected chi connectivity index (χ2v) is 3.18. The molecule has 0 aromatic heterocycles. The smallest absolute Gasteiger partial charge is 0.549 e. The zero-order valence-corrected chi connectivity index (χ0v) is 10.2. The van der Waals surface area contributed by atoms with Crippen LogP contribution in [0.25, 0.3) is 0 Å². The van der Waals surface area contributed by atoms with E-state index in [1.807, 2.05) is 0 Å². The third-order valence-corrected chi connectivity index (χ3v) is 1.01. The van der Waals surface area contributed by atoms with E-state index in [0.29, 0.717) is 0 Å². The summed E-state index contributed by atoms with van der Waals surface area (Å²) in [4.78, 5) is 18.9. The van der Waals surface area contributed by atoms with Gasteiger partial charge in [-0.25, -0.2) is 0 Å². The number of rotatable bonds is 2. The van der Waals surface area contributed by atoms with Gasteiger partial charge in [-0.3, -0.25) is 0 Å². The number of carbonyl (C=O) groups is 2. The first-order valence-corrected chi connectivity index (χ1v) is 3.86. The zero-order chi connectivity index (χ0) is 10.3. The quantitative estimate of drug-likeness (QED) is 0.427. The Balaban J connectivity index is -0.000000143. The fourth-order valence-electron chi connectivity index (χ4n) is 0. The third-order valence-electron chi connectivity index (χ3n) is 0.650. The van der Waals surface area contributed by atoms with E-state index in [1.54, 1.807) is 0 Å². The monoisotopic (exact) mass is 238 g/mol. The first-order valence-electron chi connectivity index (χ1n) is 2.98. The van der Waals surface area contributed by atoms with E-state index < -0.39 is 22.7 Å². The minimum absolute atomic E-state index is 0. The molecule has 0 aliphatic heterocycles. The van der Waals surface area contributed by atoms with Crippen molar-refractivity contribution in [2.24, 2.45) is 0 Å². The molecule has 2 atom stereocenters. The average molecular weight is 239 g/mol. The van der Waals surface area contributed by atoms with Crippen LogP contribution >= 0.6 is 23.2 Å². The molecule has 2 unspecified atom stereocenters. The van der Waals surface area contributed by atoms with Gasteiger partial charge >= 0.3 is 23.1 Å². The minimum Gasteiger partial charge on any atom is -0.549 e. The van der Waals surface area contributed by atoms with Crippen LogP contribution < -0.4 is 10.2 Å². The van der Waals surface area contributed by atoms with Gasteiger partial charge in [0.2, 0.25) is 0 Å². The molecular weight excluding hydrogens is 231 g/mol. The zero-order valence-electron chi connectivity index (χ0n) is 7.25. The van der Waals surface area contributed by atoms with Gasteiger partial charge in [0.25, 0.3) is 0 Å². The van der Waals surface area contributed by atoms with Crippen molar-refractivity contribution in [3.63, 3.8) is 0 Å². The van der Waals surface area contributed by atoms with Crippen molar-refractivity contribution in [3.8, 4) is 0 Å². The maximum absolute atomic E-state index is 9.46. The summed E-state index contributed by atoms with van der Waals surface area (Å²) in [6.45, 7) is 2.69. The predicted molar refractivity (Wildman–Crippen MR) is 46.4 cm³/mol. The summed E-state index contributed by atoms with van der Waals surface area (Å²) >= 11 is 9.90. The largest absolute Gasteiger partial charge is 2.00 e. The van der Waals surface area contributed by atoms with E-state index >= 15 is 0 Å². The SMILES string of the molecule is CC(Cl)C(=O)[O-].CC(Cl)C(=O)[O-].[Mg+2]. The number of hydrogen-bond donors (Lipinski definition) is 0. The molecule has 0 saturated carbocycles. The predicted octanol–water partition coefficient (Wildman–Crippen LogP) is -1.65. The van der Waals surface area contributed by atoms with E-state index in [2.05, 4.69) is 0 Å². The molecule has 0 aliphatic rings. The van der Waals surface area contributed by atoms with E-state index in [0.717, 1.165) is 0 Å². The van der Waals surface area contributed by atoms with Gasteiger partial charge in [0, 0.05) is 0 Å². The molecule has 13 heavy (non-hydrogen) atoms. The molecule has 7 heteroatoms. The Labute approximate surface area is 102 Å². The first kappa shape index (κ1) is 19.0. The van der Waals surface area contributed by atoms with Crippen molar-refractivity contribution in [1.29, 1.82) is 0 Å². The summed E-state index contributed by atoms with van der Waals surface area (Å²) in [6, 6.07) is 0. The Morgan fingerprint density at radius 1 is 1.00 bits per heavy atom. The van der Waals surface area contributed by atoms with Crippen molar-refractivity contribution in [3.05, 3.63) is 0 Å². The molecule has 0 aromatic carbocycles. The molecule has 0 bridgehead atoms. The Morgan fingerprint density at radius 3 is 1.08 bits per heavy atom. The van der Waals surface area contributed by atoms with E-state index in [4.69, 9.17) is 23.2 Å². The standard InChI is InChI=1S/2C3H5ClO2.Mg/c2*1-2(4)3(5)6;/h2*2H,1H3,(H,5,6);/q;;+2/p-2. The topological polar surface area (TPSA) is 80.3 Å². The summed E-state index contributed by atoms with van der Waals surface area (Å²) in [7, 11) is 0. The maximum Gasteiger partial charge on any atom is 2.00 e. The number of carbonyl (C=O) groups excluding carboxylic acids is 2. The molecular formula is C6H8Cl2MgO4. The third kappa shape index (κ3) is 18.9. The average Bonchev–Trinajstić information content (AvgIpc) is 1.88. The molecule has 0 heterocycles. The number of hydrogen-bond acceptors (Lipinski definition) is 4. The molecule has 0 radical (unpaired) electrons. The van der Waals surface area contributed by atoms with Crippen molar-refractivity contribution in [2.75, 3.05) is 0 Å². The second kappa shape index (κ2) is 10.4. The summed E-state index contributed by atoms with van der Waals surface area (Å²) in [5, 5.41) is 17.2. The van der Waals surface area contributed by atoms with Gasteiger partial charge in [-0.1, -0.05) is 0 Å². The van der Waals surface area contributed by atoms with E-state index in [9.17, 15) is 19.8 Å². The van der Waals surface area contributed by atoms with Crippen LogP contribution in [0.4, 0.5) is 0 Å². The van der Waals surface area contributed by atoms with Crippen molar-refractivity contribution in [1.82, 2.24) is 0 Å². The van der Waals surface area contributed by atoms with Crippen LogP contribution in [0.3, 0.4) is 0 Å². The van der Waals surface area contributed by atoms with Crippen molar-refractivity contribution in [2.45, 2.75) is 24.6 Å². The molecule has 72 valence electrons. The number of carboxylic acid groups (broad SMARTS) is 2. The van der Waals surface area contributed by atoms with Gasteiger partial charge in [-0.15, -0.1) is 23.2 Å². The summed E-state index contributed by atoms with van der Waals surface area (Å²) < 4.78 is 0. The maximum atomic E-state index is 9.46. The van der Waals surface area contributed by atoms with Gasteiger partial charge in [-0.05, 0) is 13.8 Å². The van der Waals surface area contributed by atoms with Gasteiger partial charge in [0.05, 0.1) is 22.7 Å². The number of carboxylic acids is 2. The Bertz CT molecular complexity index is 143.